The topological polar surface area (TPSA) is 51.5 Å². The van der Waals surface area contributed by atoms with Crippen molar-refractivity contribution in [1.82, 2.24) is 5.32 Å². The molecule has 16 heavy (non-hydrogen) atoms. The van der Waals surface area contributed by atoms with E-state index < -0.39 is 5.54 Å². The summed E-state index contributed by atoms with van der Waals surface area (Å²) in [6.45, 7) is 5.61. The second kappa shape index (κ2) is 5.16. The Morgan fingerprint density at radius 1 is 1.62 bits per heavy atom. The third-order valence-corrected chi connectivity index (χ3v) is 2.39. The van der Waals surface area contributed by atoms with Gasteiger partial charge in [-0.15, -0.1) is 0 Å². The van der Waals surface area contributed by atoms with Crippen LogP contribution in [0.3, 0.4) is 0 Å². The lowest BCUT2D eigenvalue weighted by Gasteiger charge is -2.27. The zero-order valence-corrected chi connectivity index (χ0v) is 10.2. The number of nitrogens with one attached hydrogen (secondary N) is 1. The molecule has 1 unspecified atom stereocenters. The quantitative estimate of drug-likeness (QED) is 0.776. The molecule has 1 heterocycles. The van der Waals surface area contributed by atoms with E-state index >= 15 is 0 Å². The molecule has 0 spiro atoms. The summed E-state index contributed by atoms with van der Waals surface area (Å²) < 4.78 is 9.98. The van der Waals surface area contributed by atoms with E-state index in [1.54, 1.807) is 20.1 Å². The first-order valence-corrected chi connectivity index (χ1v) is 5.34. The van der Waals surface area contributed by atoms with Gasteiger partial charge in [0.25, 0.3) is 0 Å². The Morgan fingerprint density at radius 3 is 2.81 bits per heavy atom. The van der Waals surface area contributed by atoms with Crippen molar-refractivity contribution in [3.8, 4) is 0 Å². The Balaban J connectivity index is 2.50. The molecule has 0 bridgehead atoms. The predicted octanol–water partition coefficient (Wildman–Crippen LogP) is 1.75. The number of carbonyl (C=O) groups is 1. The predicted molar refractivity (Wildman–Crippen MR) is 61.1 cm³/mol. The molecule has 0 aliphatic heterocycles. The van der Waals surface area contributed by atoms with Crippen LogP contribution < -0.4 is 5.32 Å². The Kier molecular flexibility index (Phi) is 4.12. The Hall–Kier alpha value is -1.29. The lowest BCUT2D eigenvalue weighted by Crippen LogP contribution is -2.51. The number of ether oxygens (including phenoxy) is 1. The highest BCUT2D eigenvalue weighted by Gasteiger charge is 2.29. The van der Waals surface area contributed by atoms with Crippen LogP contribution in [0.4, 0.5) is 0 Å². The molecule has 0 aliphatic rings. The highest BCUT2D eigenvalue weighted by Crippen LogP contribution is 2.10. The summed E-state index contributed by atoms with van der Waals surface area (Å²) in [7, 11) is 1.39. The van der Waals surface area contributed by atoms with Crippen LogP contribution in [-0.2, 0) is 16.0 Å². The summed E-state index contributed by atoms with van der Waals surface area (Å²) in [6.07, 6.45) is 2.39. The van der Waals surface area contributed by atoms with Crippen LogP contribution in [0, 0.1) is 0 Å². The van der Waals surface area contributed by atoms with Gasteiger partial charge < -0.3 is 9.15 Å². The summed E-state index contributed by atoms with van der Waals surface area (Å²) in [5.41, 5.74) is -0.680. The maximum absolute atomic E-state index is 11.5. The fraction of sp³-hybridized carbons (Fsp3) is 0.583. The molecule has 0 radical (unpaired) electrons. The Labute approximate surface area is 96.0 Å². The number of methoxy groups -OCH3 is 1. The largest absolute Gasteiger partial charge is 0.469 e. The summed E-state index contributed by atoms with van der Waals surface area (Å²) in [5, 5.41) is 3.21. The molecule has 90 valence electrons. The van der Waals surface area contributed by atoms with E-state index in [0.717, 1.165) is 12.2 Å². The van der Waals surface area contributed by atoms with Crippen LogP contribution in [0.25, 0.3) is 0 Å². The zero-order chi connectivity index (χ0) is 12.2. The average molecular weight is 225 g/mol. The number of hydrogen-bond donors (Lipinski definition) is 1. The lowest BCUT2D eigenvalue weighted by atomic mass is 10.0. The van der Waals surface area contributed by atoms with E-state index in [-0.39, 0.29) is 12.0 Å². The minimum Gasteiger partial charge on any atom is -0.469 e. The molecule has 4 nitrogen and oxygen atoms in total. The molecule has 0 saturated heterocycles. The first-order chi connectivity index (χ1) is 7.45. The van der Waals surface area contributed by atoms with Crippen LogP contribution in [0.2, 0.25) is 0 Å². The lowest BCUT2D eigenvalue weighted by molar-refractivity contribution is -0.147. The van der Waals surface area contributed by atoms with Crippen molar-refractivity contribution in [3.63, 3.8) is 0 Å². The van der Waals surface area contributed by atoms with Gasteiger partial charge in [0.1, 0.15) is 11.3 Å². The molecule has 1 N–H and O–H groups in total. The van der Waals surface area contributed by atoms with Crippen molar-refractivity contribution < 1.29 is 13.9 Å². The van der Waals surface area contributed by atoms with Crippen LogP contribution in [0.5, 0.6) is 0 Å². The summed E-state index contributed by atoms with van der Waals surface area (Å²) >= 11 is 0. The van der Waals surface area contributed by atoms with Gasteiger partial charge in [-0.2, -0.15) is 0 Å². The standard InChI is InChI=1S/C12H19NO3/c1-9(8-10-6-5-7-16-10)13-12(2,3)11(14)15-4/h5-7,9,13H,8H2,1-4H3. The maximum atomic E-state index is 11.5. The van der Waals surface area contributed by atoms with Crippen molar-refractivity contribution >= 4 is 5.97 Å². The number of carbonyl (C=O) groups excluding carboxylic acids is 1. The number of esters is 1. The van der Waals surface area contributed by atoms with E-state index in [1.165, 1.54) is 7.11 Å². The minimum absolute atomic E-state index is 0.139. The van der Waals surface area contributed by atoms with Gasteiger partial charge >= 0.3 is 5.97 Å². The first-order valence-electron chi connectivity index (χ1n) is 5.34. The molecular formula is C12H19NO3. The molecule has 1 rings (SSSR count). The van der Waals surface area contributed by atoms with Crippen LogP contribution in [-0.4, -0.2) is 24.7 Å². The summed E-state index contributed by atoms with van der Waals surface area (Å²) in [6, 6.07) is 3.91. The second-order valence-electron chi connectivity index (χ2n) is 4.45. The third kappa shape index (κ3) is 3.38. The van der Waals surface area contributed by atoms with Gasteiger partial charge in [0.15, 0.2) is 0 Å². The highest BCUT2D eigenvalue weighted by molar-refractivity contribution is 5.79. The number of rotatable bonds is 5. The Morgan fingerprint density at radius 2 is 2.31 bits per heavy atom. The number of furan rings is 1. The molecule has 0 aromatic carbocycles. The average Bonchev–Trinajstić information content (AvgIpc) is 2.67. The van der Waals surface area contributed by atoms with Crippen LogP contribution in [0.15, 0.2) is 22.8 Å². The number of hydrogen-bond acceptors (Lipinski definition) is 4. The van der Waals surface area contributed by atoms with Crippen molar-refractivity contribution in [2.75, 3.05) is 7.11 Å². The molecule has 0 saturated carbocycles. The van der Waals surface area contributed by atoms with Crippen molar-refractivity contribution in [3.05, 3.63) is 24.2 Å². The van der Waals surface area contributed by atoms with Crippen LogP contribution >= 0.6 is 0 Å². The van der Waals surface area contributed by atoms with Crippen molar-refractivity contribution in [1.29, 1.82) is 0 Å². The van der Waals surface area contributed by atoms with Gasteiger partial charge in [0.05, 0.1) is 13.4 Å². The molecule has 1 aromatic rings. The highest BCUT2D eigenvalue weighted by atomic mass is 16.5. The van der Waals surface area contributed by atoms with Gasteiger partial charge in [-0.05, 0) is 32.9 Å². The third-order valence-electron chi connectivity index (χ3n) is 2.39. The Bertz CT molecular complexity index is 330. The molecule has 4 heteroatoms. The summed E-state index contributed by atoms with van der Waals surface area (Å²) in [5.74, 6) is 0.638. The maximum Gasteiger partial charge on any atom is 0.325 e. The SMILES string of the molecule is COC(=O)C(C)(C)NC(C)Cc1ccco1. The van der Waals surface area contributed by atoms with E-state index in [2.05, 4.69) is 5.32 Å². The van der Waals surface area contributed by atoms with E-state index in [0.29, 0.717) is 0 Å². The van der Waals surface area contributed by atoms with E-state index in [4.69, 9.17) is 9.15 Å². The molecular weight excluding hydrogens is 206 g/mol. The van der Waals surface area contributed by atoms with Gasteiger partial charge in [0.2, 0.25) is 0 Å². The fourth-order valence-corrected chi connectivity index (χ4v) is 1.71. The van der Waals surface area contributed by atoms with Crippen LogP contribution in [0.1, 0.15) is 26.5 Å². The molecule has 1 atom stereocenters. The first kappa shape index (κ1) is 12.8. The fourth-order valence-electron chi connectivity index (χ4n) is 1.71. The van der Waals surface area contributed by atoms with Gasteiger partial charge in [-0.3, -0.25) is 10.1 Å². The van der Waals surface area contributed by atoms with Gasteiger partial charge in [-0.25, -0.2) is 0 Å². The molecule has 0 fully saturated rings. The monoisotopic (exact) mass is 225 g/mol. The van der Waals surface area contributed by atoms with Gasteiger partial charge in [-0.1, -0.05) is 0 Å². The molecule has 0 aliphatic carbocycles. The normalized spacial score (nSPS) is 13.5. The van der Waals surface area contributed by atoms with Crippen molar-refractivity contribution in [2.24, 2.45) is 0 Å². The second-order valence-corrected chi connectivity index (χ2v) is 4.45. The van der Waals surface area contributed by atoms with E-state index in [1.807, 2.05) is 19.1 Å². The summed E-state index contributed by atoms with van der Waals surface area (Å²) in [4.78, 5) is 11.5. The molecule has 1 aromatic heterocycles. The molecule has 0 amide bonds. The minimum atomic E-state index is -0.680. The van der Waals surface area contributed by atoms with Crippen molar-refractivity contribution in [2.45, 2.75) is 38.8 Å². The zero-order valence-electron chi connectivity index (χ0n) is 10.2. The van der Waals surface area contributed by atoms with Gasteiger partial charge in [0, 0.05) is 12.5 Å². The smallest absolute Gasteiger partial charge is 0.325 e. The van der Waals surface area contributed by atoms with E-state index in [9.17, 15) is 4.79 Å².